The first-order chi connectivity index (χ1) is 9.33. The van der Waals surface area contributed by atoms with E-state index in [-0.39, 0.29) is 0 Å². The number of carbonyl (C=O) groups excluding carboxylic acids is 1. The maximum Gasteiger partial charge on any atom is 0.340 e. The first-order valence-electron chi connectivity index (χ1n) is 5.87. The molecule has 1 aromatic rings. The summed E-state index contributed by atoms with van der Waals surface area (Å²) < 4.78 is 25.9. The lowest BCUT2D eigenvalue weighted by Gasteiger charge is -2.18. The number of hydrogen-bond donors (Lipinski definition) is 3. The van der Waals surface area contributed by atoms with Crippen molar-refractivity contribution < 1.29 is 23.1 Å². The van der Waals surface area contributed by atoms with Crippen molar-refractivity contribution in [3.05, 3.63) is 11.8 Å². The van der Waals surface area contributed by atoms with Crippen LogP contribution in [-0.4, -0.2) is 60.1 Å². The fraction of sp³-hybridized carbons (Fsp3) is 0.500. The number of carboxylic acids is 1. The number of aromatic amines is 1. The van der Waals surface area contributed by atoms with Crippen molar-refractivity contribution in [2.75, 3.05) is 19.6 Å². The van der Waals surface area contributed by atoms with Gasteiger partial charge in [0.1, 0.15) is 5.56 Å². The van der Waals surface area contributed by atoms with Crippen LogP contribution in [0.25, 0.3) is 0 Å². The molecule has 0 aliphatic rings. The van der Waals surface area contributed by atoms with E-state index in [9.17, 15) is 18.0 Å². The number of nitrogens with one attached hydrogen (secondary N) is 2. The molecule has 20 heavy (non-hydrogen) atoms. The molecule has 0 fully saturated rings. The van der Waals surface area contributed by atoms with Gasteiger partial charge >= 0.3 is 5.97 Å². The van der Waals surface area contributed by atoms with Gasteiger partial charge in [-0.1, -0.05) is 0 Å². The van der Waals surface area contributed by atoms with Gasteiger partial charge in [0.05, 0.1) is 12.7 Å². The zero-order chi connectivity index (χ0) is 15.3. The van der Waals surface area contributed by atoms with Crippen LogP contribution in [0.5, 0.6) is 0 Å². The van der Waals surface area contributed by atoms with Crippen LogP contribution in [0.2, 0.25) is 0 Å². The molecule has 0 aromatic carbocycles. The molecule has 1 heterocycles. The van der Waals surface area contributed by atoms with Gasteiger partial charge in [-0.05, 0) is 13.8 Å². The molecule has 0 saturated heterocycles. The highest BCUT2D eigenvalue weighted by Crippen LogP contribution is 2.11. The van der Waals surface area contributed by atoms with Gasteiger partial charge in [-0.2, -0.15) is 5.10 Å². The third-order valence-corrected chi connectivity index (χ3v) is 4.01. The number of amides is 1. The third-order valence-electron chi connectivity index (χ3n) is 2.63. The number of aromatic carboxylic acids is 1. The number of hydrogen-bond acceptors (Lipinski definition) is 5. The van der Waals surface area contributed by atoms with Crippen LogP contribution in [-0.2, 0) is 14.8 Å². The molecule has 0 aliphatic carbocycles. The lowest BCUT2D eigenvalue weighted by atomic mass is 10.4. The molecule has 0 radical (unpaired) electrons. The van der Waals surface area contributed by atoms with Crippen LogP contribution < -0.4 is 4.72 Å². The Hall–Kier alpha value is -1.94. The average Bonchev–Trinajstić information content (AvgIpc) is 2.88. The highest BCUT2D eigenvalue weighted by atomic mass is 32.2. The highest BCUT2D eigenvalue weighted by Gasteiger charge is 2.25. The molecular weight excluding hydrogens is 288 g/mol. The zero-order valence-electron chi connectivity index (χ0n) is 11.1. The van der Waals surface area contributed by atoms with Gasteiger partial charge in [0, 0.05) is 13.1 Å². The number of sulfonamides is 1. The van der Waals surface area contributed by atoms with E-state index in [4.69, 9.17) is 5.11 Å². The second kappa shape index (κ2) is 6.48. The number of nitrogens with zero attached hydrogens (tertiary/aromatic N) is 2. The highest BCUT2D eigenvalue weighted by molar-refractivity contribution is 7.89. The second-order valence-electron chi connectivity index (χ2n) is 3.81. The fourth-order valence-corrected chi connectivity index (χ4v) is 2.61. The number of carboxylic acid groups (broad SMARTS) is 1. The van der Waals surface area contributed by atoms with E-state index in [0.717, 1.165) is 6.20 Å². The van der Waals surface area contributed by atoms with Crippen LogP contribution in [0, 0.1) is 0 Å². The quantitative estimate of drug-likeness (QED) is 0.607. The summed E-state index contributed by atoms with van der Waals surface area (Å²) in [6, 6.07) is 0. The van der Waals surface area contributed by atoms with Gasteiger partial charge in [0.2, 0.25) is 5.91 Å². The molecule has 1 rings (SSSR count). The normalized spacial score (nSPS) is 11.3. The van der Waals surface area contributed by atoms with E-state index in [2.05, 4.69) is 14.9 Å². The Bertz CT molecular complexity index is 591. The third kappa shape index (κ3) is 3.54. The van der Waals surface area contributed by atoms with Gasteiger partial charge in [-0.15, -0.1) is 0 Å². The predicted octanol–water partition coefficient (Wildman–Crippen LogP) is -0.745. The Morgan fingerprint density at radius 1 is 1.40 bits per heavy atom. The van der Waals surface area contributed by atoms with E-state index in [1.54, 1.807) is 13.8 Å². The van der Waals surface area contributed by atoms with Crippen molar-refractivity contribution in [2.45, 2.75) is 18.9 Å². The summed E-state index contributed by atoms with van der Waals surface area (Å²) >= 11 is 0. The molecule has 3 N–H and O–H groups in total. The summed E-state index contributed by atoms with van der Waals surface area (Å²) in [5.74, 6) is -1.82. The Labute approximate surface area is 116 Å². The second-order valence-corrected chi connectivity index (χ2v) is 5.51. The first kappa shape index (κ1) is 16.1. The summed E-state index contributed by atoms with van der Waals surface area (Å²) in [5, 5.41) is 13.7. The van der Waals surface area contributed by atoms with E-state index in [1.165, 1.54) is 4.90 Å². The van der Waals surface area contributed by atoms with Crippen molar-refractivity contribution in [3.8, 4) is 0 Å². The molecule has 0 bridgehead atoms. The summed E-state index contributed by atoms with van der Waals surface area (Å²) in [6.45, 7) is 4.02. The summed E-state index contributed by atoms with van der Waals surface area (Å²) in [4.78, 5) is 24.0. The molecule has 1 amide bonds. The SMILES string of the molecule is CCN(CC)C(=O)CNS(=O)(=O)c1[nH]ncc1C(=O)O. The van der Waals surface area contributed by atoms with Crippen molar-refractivity contribution >= 4 is 21.9 Å². The first-order valence-corrected chi connectivity index (χ1v) is 7.35. The number of rotatable bonds is 7. The van der Waals surface area contributed by atoms with Gasteiger partial charge in [0.25, 0.3) is 10.0 Å². The maximum absolute atomic E-state index is 11.9. The van der Waals surface area contributed by atoms with E-state index >= 15 is 0 Å². The van der Waals surface area contributed by atoms with Gasteiger partial charge in [-0.25, -0.2) is 17.9 Å². The van der Waals surface area contributed by atoms with E-state index < -0.39 is 39.0 Å². The summed E-state index contributed by atoms with van der Waals surface area (Å²) in [6.07, 6.45) is 0.892. The van der Waals surface area contributed by atoms with E-state index in [0.29, 0.717) is 13.1 Å². The van der Waals surface area contributed by atoms with Crippen LogP contribution in [0.1, 0.15) is 24.2 Å². The molecule has 9 nitrogen and oxygen atoms in total. The molecule has 0 atom stereocenters. The van der Waals surface area contributed by atoms with E-state index in [1.807, 2.05) is 0 Å². The molecule has 112 valence electrons. The topological polar surface area (TPSA) is 132 Å². The molecule has 10 heteroatoms. The van der Waals surface area contributed by atoms with Gasteiger partial charge in [0.15, 0.2) is 5.03 Å². The molecular formula is C10H16N4O5S. The van der Waals surface area contributed by atoms with Gasteiger partial charge < -0.3 is 10.0 Å². The number of aromatic nitrogens is 2. The molecule has 0 saturated carbocycles. The van der Waals surface area contributed by atoms with Crippen molar-refractivity contribution in [1.82, 2.24) is 19.8 Å². The minimum absolute atomic E-state index is 0.394. The Morgan fingerprint density at radius 3 is 2.50 bits per heavy atom. The van der Waals surface area contributed by atoms with Crippen molar-refractivity contribution in [2.24, 2.45) is 0 Å². The molecule has 1 aromatic heterocycles. The van der Waals surface area contributed by atoms with Gasteiger partial charge in [-0.3, -0.25) is 9.89 Å². The maximum atomic E-state index is 11.9. The fourth-order valence-electron chi connectivity index (χ4n) is 1.55. The minimum atomic E-state index is -4.13. The van der Waals surface area contributed by atoms with Crippen LogP contribution >= 0.6 is 0 Å². The monoisotopic (exact) mass is 304 g/mol. The lowest BCUT2D eigenvalue weighted by Crippen LogP contribution is -2.40. The lowest BCUT2D eigenvalue weighted by molar-refractivity contribution is -0.129. The van der Waals surface area contributed by atoms with Crippen molar-refractivity contribution in [3.63, 3.8) is 0 Å². The number of carbonyl (C=O) groups is 2. The molecule has 0 unspecified atom stereocenters. The smallest absolute Gasteiger partial charge is 0.340 e. The summed E-state index contributed by atoms with van der Waals surface area (Å²) in [7, 11) is -4.13. The Morgan fingerprint density at radius 2 is 2.00 bits per heavy atom. The Kier molecular flexibility index (Phi) is 5.22. The average molecular weight is 304 g/mol. The molecule has 0 spiro atoms. The largest absolute Gasteiger partial charge is 0.478 e. The summed E-state index contributed by atoms with van der Waals surface area (Å²) in [5.41, 5.74) is -0.479. The van der Waals surface area contributed by atoms with Crippen molar-refractivity contribution in [1.29, 1.82) is 0 Å². The van der Waals surface area contributed by atoms with Crippen LogP contribution in [0.15, 0.2) is 11.2 Å². The minimum Gasteiger partial charge on any atom is -0.478 e. The van der Waals surface area contributed by atoms with Crippen LogP contribution in [0.3, 0.4) is 0 Å². The predicted molar refractivity (Wildman–Crippen MR) is 68.7 cm³/mol. The molecule has 0 aliphatic heterocycles. The standard InChI is InChI=1S/C10H16N4O5S/c1-3-14(4-2)8(15)6-12-20(18,19)9-7(10(16)17)5-11-13-9/h5,12H,3-4,6H2,1-2H3,(H,11,13)(H,16,17). The number of H-pyrrole nitrogens is 1. The Balaban J connectivity index is 2.83. The van der Waals surface area contributed by atoms with Crippen LogP contribution in [0.4, 0.5) is 0 Å². The number of likely N-dealkylation sites (N-methyl/N-ethyl adjacent to an activating group) is 1. The zero-order valence-corrected chi connectivity index (χ0v) is 11.9.